The maximum Gasteiger partial charge on any atom is 0.225 e. The van der Waals surface area contributed by atoms with Crippen molar-refractivity contribution in [2.24, 2.45) is 5.92 Å². The molecule has 3 aromatic rings. The van der Waals surface area contributed by atoms with Gasteiger partial charge >= 0.3 is 0 Å². The van der Waals surface area contributed by atoms with Crippen molar-refractivity contribution in [2.45, 2.75) is 19.3 Å². The Morgan fingerprint density at radius 3 is 2.77 bits per heavy atom. The third kappa shape index (κ3) is 3.31. The highest BCUT2D eigenvalue weighted by atomic mass is 16.2. The van der Waals surface area contributed by atoms with Crippen LogP contribution >= 0.6 is 0 Å². The minimum atomic E-state index is -0.0611. The number of carbonyl (C=O) groups is 2. The average molecular weight is 348 g/mol. The van der Waals surface area contributed by atoms with Crippen molar-refractivity contribution in [1.29, 1.82) is 0 Å². The molecule has 0 radical (unpaired) electrons. The van der Waals surface area contributed by atoms with Crippen molar-refractivity contribution in [1.82, 2.24) is 14.7 Å². The Kier molecular flexibility index (Phi) is 4.39. The average Bonchev–Trinajstić information content (AvgIpc) is 3.03. The first-order chi connectivity index (χ1) is 12.7. The van der Waals surface area contributed by atoms with Crippen molar-refractivity contribution in [3.8, 4) is 11.3 Å². The van der Waals surface area contributed by atoms with Gasteiger partial charge in [-0.2, -0.15) is 0 Å². The number of benzene rings is 1. The first-order valence-electron chi connectivity index (χ1n) is 8.80. The molecular weight excluding hydrogens is 328 g/mol. The molecule has 132 valence electrons. The van der Waals surface area contributed by atoms with E-state index in [1.54, 1.807) is 0 Å². The van der Waals surface area contributed by atoms with Gasteiger partial charge in [-0.1, -0.05) is 36.4 Å². The zero-order valence-corrected chi connectivity index (χ0v) is 14.3. The summed E-state index contributed by atoms with van der Waals surface area (Å²) >= 11 is 0. The molecule has 2 amide bonds. The van der Waals surface area contributed by atoms with Crippen LogP contribution in [0, 0.1) is 5.92 Å². The number of amides is 2. The lowest BCUT2D eigenvalue weighted by Gasteiger charge is -2.21. The summed E-state index contributed by atoms with van der Waals surface area (Å²) in [5.74, 6) is 0.854. The number of aromatic nitrogens is 2. The predicted molar refractivity (Wildman–Crippen MR) is 99.6 cm³/mol. The van der Waals surface area contributed by atoms with E-state index in [0.29, 0.717) is 25.2 Å². The molecule has 2 N–H and O–H groups in total. The number of nitrogens with one attached hydrogen (secondary N) is 2. The van der Waals surface area contributed by atoms with Gasteiger partial charge in [0.25, 0.3) is 0 Å². The van der Waals surface area contributed by atoms with Gasteiger partial charge in [0.15, 0.2) is 0 Å². The van der Waals surface area contributed by atoms with E-state index in [1.807, 2.05) is 59.1 Å². The highest BCUT2D eigenvalue weighted by Crippen LogP contribution is 2.29. The monoisotopic (exact) mass is 348 g/mol. The van der Waals surface area contributed by atoms with Crippen LogP contribution in [0.1, 0.15) is 19.3 Å². The summed E-state index contributed by atoms with van der Waals surface area (Å²) in [5, 5.41) is 5.87. The van der Waals surface area contributed by atoms with Gasteiger partial charge in [-0.25, -0.2) is 4.98 Å². The van der Waals surface area contributed by atoms with Crippen molar-refractivity contribution < 1.29 is 9.59 Å². The molecule has 1 atom stereocenters. The summed E-state index contributed by atoms with van der Waals surface area (Å²) in [6, 6.07) is 15.6. The van der Waals surface area contributed by atoms with Gasteiger partial charge < -0.3 is 10.6 Å². The minimum absolute atomic E-state index is 0.0611. The normalized spacial score (nSPS) is 17.1. The Bertz CT molecular complexity index is 939. The van der Waals surface area contributed by atoms with Gasteiger partial charge in [0.05, 0.1) is 0 Å². The van der Waals surface area contributed by atoms with E-state index in [0.717, 1.165) is 23.3 Å². The molecule has 1 fully saturated rings. The second kappa shape index (κ2) is 7.00. The third-order valence-corrected chi connectivity index (χ3v) is 4.68. The maximum atomic E-state index is 12.6. The molecule has 0 aliphatic carbocycles. The van der Waals surface area contributed by atoms with Gasteiger partial charge in [0, 0.05) is 31.1 Å². The Morgan fingerprint density at radius 2 is 2.00 bits per heavy atom. The standard InChI is InChI=1S/C20H20N4O2/c25-17-10-9-14(13-21-17)12-18(26)23-20-19(15-6-2-1-3-7-15)22-16-8-4-5-11-24(16)20/h1-8,11,14H,9-10,12-13H2,(H,21,25)(H,23,26). The molecule has 1 unspecified atom stereocenters. The number of nitrogens with zero attached hydrogens (tertiary/aromatic N) is 2. The highest BCUT2D eigenvalue weighted by Gasteiger charge is 2.22. The van der Waals surface area contributed by atoms with Crippen molar-refractivity contribution in [3.05, 3.63) is 54.7 Å². The second-order valence-electron chi connectivity index (χ2n) is 6.56. The zero-order valence-electron chi connectivity index (χ0n) is 14.3. The topological polar surface area (TPSA) is 75.5 Å². The molecule has 3 heterocycles. The van der Waals surface area contributed by atoms with Crippen LogP contribution in [-0.2, 0) is 9.59 Å². The van der Waals surface area contributed by atoms with E-state index >= 15 is 0 Å². The molecule has 0 saturated carbocycles. The number of anilines is 1. The molecule has 1 saturated heterocycles. The number of carbonyl (C=O) groups excluding carboxylic acids is 2. The van der Waals surface area contributed by atoms with Gasteiger partial charge in [0.2, 0.25) is 11.8 Å². The lowest BCUT2D eigenvalue weighted by molar-refractivity contribution is -0.124. The number of fused-ring (bicyclic) bond motifs is 1. The summed E-state index contributed by atoms with van der Waals surface area (Å²) in [5.41, 5.74) is 2.49. The molecule has 1 aromatic carbocycles. The molecule has 2 aromatic heterocycles. The predicted octanol–water partition coefficient (Wildman–Crippen LogP) is 2.86. The lowest BCUT2D eigenvalue weighted by atomic mass is 9.95. The molecule has 6 nitrogen and oxygen atoms in total. The van der Waals surface area contributed by atoms with Gasteiger partial charge in [-0.05, 0) is 24.5 Å². The van der Waals surface area contributed by atoms with E-state index in [9.17, 15) is 9.59 Å². The van der Waals surface area contributed by atoms with Crippen molar-refractivity contribution in [2.75, 3.05) is 11.9 Å². The summed E-state index contributed by atoms with van der Waals surface area (Å²) in [4.78, 5) is 28.6. The van der Waals surface area contributed by atoms with Gasteiger partial charge in [0.1, 0.15) is 17.2 Å². The largest absolute Gasteiger partial charge is 0.356 e. The molecule has 1 aliphatic heterocycles. The first kappa shape index (κ1) is 16.3. The molecule has 0 bridgehead atoms. The van der Waals surface area contributed by atoms with Crippen LogP contribution in [0.3, 0.4) is 0 Å². The zero-order chi connectivity index (χ0) is 17.9. The maximum absolute atomic E-state index is 12.6. The molecule has 4 rings (SSSR count). The molecule has 1 aliphatic rings. The van der Waals surface area contributed by atoms with Crippen LogP contribution in [-0.4, -0.2) is 27.7 Å². The lowest BCUT2D eigenvalue weighted by Crippen LogP contribution is -2.36. The van der Waals surface area contributed by atoms with Crippen molar-refractivity contribution in [3.63, 3.8) is 0 Å². The fourth-order valence-corrected chi connectivity index (χ4v) is 3.32. The third-order valence-electron chi connectivity index (χ3n) is 4.68. The smallest absolute Gasteiger partial charge is 0.225 e. The van der Waals surface area contributed by atoms with E-state index in [1.165, 1.54) is 0 Å². The quantitative estimate of drug-likeness (QED) is 0.761. The van der Waals surface area contributed by atoms with Crippen LogP contribution in [0.2, 0.25) is 0 Å². The van der Waals surface area contributed by atoms with Crippen LogP contribution in [0.4, 0.5) is 5.82 Å². The van der Waals surface area contributed by atoms with E-state index in [2.05, 4.69) is 15.6 Å². The molecule has 0 spiro atoms. The van der Waals surface area contributed by atoms with Crippen LogP contribution in [0.15, 0.2) is 54.7 Å². The first-order valence-corrected chi connectivity index (χ1v) is 8.80. The fourth-order valence-electron chi connectivity index (χ4n) is 3.32. The highest BCUT2D eigenvalue weighted by molar-refractivity contribution is 5.94. The molecule has 26 heavy (non-hydrogen) atoms. The SMILES string of the molecule is O=C1CCC(CC(=O)Nc2c(-c3ccccc3)nc3ccccn23)CN1. The minimum Gasteiger partial charge on any atom is -0.356 e. The summed E-state index contributed by atoms with van der Waals surface area (Å²) in [7, 11) is 0. The van der Waals surface area contributed by atoms with Crippen LogP contribution in [0.5, 0.6) is 0 Å². The van der Waals surface area contributed by atoms with Gasteiger partial charge in [-0.15, -0.1) is 0 Å². The fraction of sp³-hybridized carbons (Fsp3) is 0.250. The van der Waals surface area contributed by atoms with E-state index < -0.39 is 0 Å². The van der Waals surface area contributed by atoms with E-state index in [-0.39, 0.29) is 17.7 Å². The van der Waals surface area contributed by atoms with E-state index in [4.69, 9.17) is 0 Å². The Morgan fingerprint density at radius 1 is 1.19 bits per heavy atom. The van der Waals surface area contributed by atoms with Crippen molar-refractivity contribution >= 4 is 23.3 Å². The Labute approximate surface area is 151 Å². The Balaban J connectivity index is 1.61. The number of hydrogen-bond donors (Lipinski definition) is 2. The number of pyridine rings is 1. The van der Waals surface area contributed by atoms with Crippen LogP contribution < -0.4 is 10.6 Å². The molecule has 6 heteroatoms. The number of rotatable bonds is 4. The summed E-state index contributed by atoms with van der Waals surface area (Å²) in [6.45, 7) is 0.560. The second-order valence-corrected chi connectivity index (χ2v) is 6.56. The molecular formula is C20H20N4O2. The summed E-state index contributed by atoms with van der Waals surface area (Å²) in [6.07, 6.45) is 3.51. The van der Waals surface area contributed by atoms with Gasteiger partial charge in [-0.3, -0.25) is 14.0 Å². The number of hydrogen-bond acceptors (Lipinski definition) is 3. The number of imidazole rings is 1. The Hall–Kier alpha value is -3.15. The summed E-state index contributed by atoms with van der Waals surface area (Å²) < 4.78 is 1.89. The van der Waals surface area contributed by atoms with Crippen LogP contribution in [0.25, 0.3) is 16.9 Å². The number of piperidine rings is 1.